The van der Waals surface area contributed by atoms with Gasteiger partial charge in [-0.1, -0.05) is 26.0 Å². The quantitative estimate of drug-likeness (QED) is 0.653. The SMILES string of the molecule is C=C1C[C@@H]2[C@H]3CC[C@@H](OC(C)=O)[C@]3(C)CC[C@H]2[C@@]2(C)CCC(=O)C=C12. The summed E-state index contributed by atoms with van der Waals surface area (Å²) in [4.78, 5) is 23.5. The van der Waals surface area contributed by atoms with Gasteiger partial charge in [-0.2, -0.15) is 0 Å². The van der Waals surface area contributed by atoms with Crippen LogP contribution >= 0.6 is 0 Å². The molecule has 0 saturated heterocycles. The van der Waals surface area contributed by atoms with E-state index in [0.717, 1.165) is 32.1 Å². The molecule has 0 N–H and O–H groups in total. The van der Waals surface area contributed by atoms with Gasteiger partial charge >= 0.3 is 5.97 Å². The summed E-state index contributed by atoms with van der Waals surface area (Å²) >= 11 is 0. The van der Waals surface area contributed by atoms with Crippen LogP contribution in [0.25, 0.3) is 0 Å². The largest absolute Gasteiger partial charge is 0.462 e. The Labute approximate surface area is 150 Å². The van der Waals surface area contributed by atoms with Gasteiger partial charge in [0.05, 0.1) is 0 Å². The lowest BCUT2D eigenvalue weighted by Crippen LogP contribution is -2.52. The van der Waals surface area contributed by atoms with Gasteiger partial charge in [-0.05, 0) is 73.3 Å². The number of hydrogen-bond acceptors (Lipinski definition) is 3. The first-order valence-corrected chi connectivity index (χ1v) is 9.86. The average molecular weight is 342 g/mol. The standard InChI is InChI=1S/C22H30O3/c1-13-11-16-17-5-6-20(25-14(2)23)22(17,4)10-8-18(16)21(3)9-7-15(24)12-19(13)21/h12,16-18,20H,1,5-11H2,2-4H3/t16-,17-,18-,20-,21-,22-/m1/s1. The van der Waals surface area contributed by atoms with E-state index >= 15 is 0 Å². The molecule has 4 aliphatic carbocycles. The summed E-state index contributed by atoms with van der Waals surface area (Å²) in [7, 11) is 0. The minimum Gasteiger partial charge on any atom is -0.462 e. The number of rotatable bonds is 1. The summed E-state index contributed by atoms with van der Waals surface area (Å²) in [6.45, 7) is 10.6. The highest BCUT2D eigenvalue weighted by Crippen LogP contribution is 2.66. The highest BCUT2D eigenvalue weighted by molar-refractivity contribution is 5.92. The third-order valence-corrected chi connectivity index (χ3v) is 8.15. The molecule has 4 aliphatic rings. The number of esters is 1. The maximum Gasteiger partial charge on any atom is 0.302 e. The van der Waals surface area contributed by atoms with Crippen LogP contribution < -0.4 is 0 Å². The first kappa shape index (κ1) is 17.1. The third-order valence-electron chi connectivity index (χ3n) is 8.15. The molecular weight excluding hydrogens is 312 g/mol. The number of hydrogen-bond donors (Lipinski definition) is 0. The Morgan fingerprint density at radius 1 is 1.20 bits per heavy atom. The van der Waals surface area contributed by atoms with Gasteiger partial charge in [0.15, 0.2) is 5.78 Å². The zero-order valence-electron chi connectivity index (χ0n) is 15.8. The molecule has 3 nitrogen and oxygen atoms in total. The zero-order chi connectivity index (χ0) is 18.0. The highest BCUT2D eigenvalue weighted by Gasteiger charge is 2.60. The van der Waals surface area contributed by atoms with E-state index in [1.165, 1.54) is 24.5 Å². The number of ether oxygens (including phenoxy) is 1. The molecule has 0 aromatic rings. The topological polar surface area (TPSA) is 43.4 Å². The number of ketones is 1. The smallest absolute Gasteiger partial charge is 0.302 e. The molecule has 0 amide bonds. The Morgan fingerprint density at radius 3 is 2.68 bits per heavy atom. The van der Waals surface area contributed by atoms with Crippen molar-refractivity contribution in [1.82, 2.24) is 0 Å². The van der Waals surface area contributed by atoms with Crippen LogP contribution in [0.5, 0.6) is 0 Å². The Morgan fingerprint density at radius 2 is 1.96 bits per heavy atom. The van der Waals surface area contributed by atoms with E-state index in [4.69, 9.17) is 4.74 Å². The molecule has 136 valence electrons. The molecule has 0 heterocycles. The second-order valence-electron chi connectivity index (χ2n) is 9.35. The fourth-order valence-corrected chi connectivity index (χ4v) is 6.91. The van der Waals surface area contributed by atoms with Gasteiger partial charge in [-0.25, -0.2) is 0 Å². The van der Waals surface area contributed by atoms with Gasteiger partial charge in [0.25, 0.3) is 0 Å². The van der Waals surface area contributed by atoms with Gasteiger partial charge in [0, 0.05) is 18.8 Å². The van der Waals surface area contributed by atoms with Gasteiger partial charge < -0.3 is 4.74 Å². The van der Waals surface area contributed by atoms with Crippen LogP contribution in [0.3, 0.4) is 0 Å². The molecule has 0 bridgehead atoms. The highest BCUT2D eigenvalue weighted by atomic mass is 16.5. The van der Waals surface area contributed by atoms with Gasteiger partial charge in [0.1, 0.15) is 6.10 Å². The zero-order valence-corrected chi connectivity index (χ0v) is 15.8. The molecule has 0 aliphatic heterocycles. The summed E-state index contributed by atoms with van der Waals surface area (Å²) in [6.07, 6.45) is 9.06. The van der Waals surface area contributed by atoms with E-state index in [2.05, 4.69) is 20.4 Å². The second kappa shape index (κ2) is 5.56. The predicted molar refractivity (Wildman–Crippen MR) is 96.8 cm³/mol. The van der Waals surface area contributed by atoms with E-state index in [0.29, 0.717) is 24.2 Å². The fourth-order valence-electron chi connectivity index (χ4n) is 6.91. The molecule has 0 unspecified atom stereocenters. The van der Waals surface area contributed by atoms with Crippen LogP contribution in [0.15, 0.2) is 23.8 Å². The van der Waals surface area contributed by atoms with Crippen LogP contribution in [-0.2, 0) is 14.3 Å². The fraction of sp³-hybridized carbons (Fsp3) is 0.727. The Bertz CT molecular complexity index is 675. The van der Waals surface area contributed by atoms with Crippen molar-refractivity contribution in [3.8, 4) is 0 Å². The van der Waals surface area contributed by atoms with Crippen LogP contribution in [-0.4, -0.2) is 17.9 Å². The van der Waals surface area contributed by atoms with E-state index < -0.39 is 0 Å². The van der Waals surface area contributed by atoms with Crippen LogP contribution in [0.4, 0.5) is 0 Å². The first-order valence-electron chi connectivity index (χ1n) is 9.86. The number of allylic oxidation sites excluding steroid dienone is 2. The molecule has 3 saturated carbocycles. The van der Waals surface area contributed by atoms with E-state index in [1.54, 1.807) is 0 Å². The normalized spacial score (nSPS) is 46.0. The maximum atomic E-state index is 12.0. The molecule has 0 radical (unpaired) electrons. The Hall–Kier alpha value is -1.38. The second-order valence-corrected chi connectivity index (χ2v) is 9.35. The summed E-state index contributed by atoms with van der Waals surface area (Å²) in [5, 5.41) is 0. The lowest BCUT2D eigenvalue weighted by Gasteiger charge is -2.58. The van der Waals surface area contributed by atoms with Gasteiger partial charge in [-0.3, -0.25) is 9.59 Å². The minimum absolute atomic E-state index is 0.0712. The van der Waals surface area contributed by atoms with Gasteiger partial charge in [-0.15, -0.1) is 0 Å². The molecule has 3 fully saturated rings. The molecule has 3 heteroatoms. The minimum atomic E-state index is -0.148. The van der Waals surface area contributed by atoms with Crippen molar-refractivity contribution in [3.05, 3.63) is 23.8 Å². The number of fused-ring (bicyclic) bond motifs is 5. The van der Waals surface area contributed by atoms with Crippen molar-refractivity contribution in [1.29, 1.82) is 0 Å². The predicted octanol–water partition coefficient (Wildman–Crippen LogP) is 4.62. The van der Waals surface area contributed by atoms with E-state index in [1.807, 2.05) is 6.08 Å². The lowest BCUT2D eigenvalue weighted by molar-refractivity contribution is -0.156. The summed E-state index contributed by atoms with van der Waals surface area (Å²) < 4.78 is 5.72. The van der Waals surface area contributed by atoms with Crippen molar-refractivity contribution in [3.63, 3.8) is 0 Å². The van der Waals surface area contributed by atoms with Gasteiger partial charge in [0.2, 0.25) is 0 Å². The number of carbonyl (C=O) groups excluding carboxylic acids is 2. The lowest BCUT2D eigenvalue weighted by atomic mass is 9.46. The van der Waals surface area contributed by atoms with Crippen LogP contribution in [0, 0.1) is 28.6 Å². The average Bonchev–Trinajstić information content (AvgIpc) is 2.86. The van der Waals surface area contributed by atoms with Crippen molar-refractivity contribution >= 4 is 11.8 Å². The van der Waals surface area contributed by atoms with E-state index in [9.17, 15) is 9.59 Å². The molecule has 0 aromatic carbocycles. The molecular formula is C22H30O3. The maximum absolute atomic E-state index is 12.0. The summed E-state index contributed by atoms with van der Waals surface area (Å²) in [5.74, 6) is 1.96. The molecule has 0 spiro atoms. The van der Waals surface area contributed by atoms with Crippen LogP contribution in [0.1, 0.15) is 65.7 Å². The van der Waals surface area contributed by atoms with Crippen LogP contribution in [0.2, 0.25) is 0 Å². The monoisotopic (exact) mass is 342 g/mol. The molecule has 0 aromatic heterocycles. The van der Waals surface area contributed by atoms with E-state index in [-0.39, 0.29) is 28.7 Å². The summed E-state index contributed by atoms with van der Waals surface area (Å²) in [5.41, 5.74) is 2.63. The molecule has 6 atom stereocenters. The summed E-state index contributed by atoms with van der Waals surface area (Å²) in [6, 6.07) is 0. The first-order chi connectivity index (χ1) is 11.8. The number of carbonyl (C=O) groups is 2. The van der Waals surface area contributed by atoms with Crippen molar-refractivity contribution < 1.29 is 14.3 Å². The Balaban J connectivity index is 1.67. The Kier molecular flexibility index (Phi) is 3.79. The van der Waals surface area contributed by atoms with Crippen molar-refractivity contribution in [2.24, 2.45) is 28.6 Å². The third kappa shape index (κ3) is 2.38. The van der Waals surface area contributed by atoms with Crippen molar-refractivity contribution in [2.75, 3.05) is 0 Å². The molecule has 25 heavy (non-hydrogen) atoms. The molecule has 4 rings (SSSR count). The van der Waals surface area contributed by atoms with Crippen molar-refractivity contribution in [2.45, 2.75) is 71.8 Å².